The van der Waals surface area contributed by atoms with E-state index in [1.807, 2.05) is 0 Å². The van der Waals surface area contributed by atoms with Crippen LogP contribution in [0, 0.1) is 15.9 Å². The molecule has 5 heteroatoms. The summed E-state index contributed by atoms with van der Waals surface area (Å²) in [4.78, 5) is 9.40. The van der Waals surface area contributed by atoms with Gasteiger partial charge in [-0.3, -0.25) is 10.1 Å². The number of halogens is 1. The van der Waals surface area contributed by atoms with Gasteiger partial charge >= 0.3 is 5.69 Å². The van der Waals surface area contributed by atoms with Gasteiger partial charge in [-0.15, -0.1) is 0 Å². The lowest BCUT2D eigenvalue weighted by Gasteiger charge is -1.99. The molecule has 0 saturated carbocycles. The summed E-state index contributed by atoms with van der Waals surface area (Å²) in [5.41, 5.74) is -0.573. The normalized spacial score (nSPS) is 9.31. The van der Waals surface area contributed by atoms with Gasteiger partial charge < -0.3 is 4.74 Å². The van der Waals surface area contributed by atoms with E-state index >= 15 is 0 Å². The topological polar surface area (TPSA) is 52.4 Å². The van der Waals surface area contributed by atoms with E-state index in [1.54, 1.807) is 0 Å². The fourth-order valence-corrected chi connectivity index (χ4v) is 0.805. The van der Waals surface area contributed by atoms with Crippen molar-refractivity contribution < 1.29 is 14.1 Å². The standard InChI is InChI=1S/C8H6FNO3/c1-2-13-6-3-4-8(10(11)12)7(9)5-6/h2-5H,1H2. The molecule has 0 aliphatic heterocycles. The largest absolute Gasteiger partial charge is 0.466 e. The number of nitro benzene ring substituents is 1. The molecule has 0 N–H and O–H groups in total. The van der Waals surface area contributed by atoms with Crippen LogP contribution >= 0.6 is 0 Å². The van der Waals surface area contributed by atoms with Crippen molar-refractivity contribution in [2.75, 3.05) is 0 Å². The molecule has 1 aromatic rings. The predicted molar refractivity (Wildman–Crippen MR) is 43.9 cm³/mol. The molecule has 0 fully saturated rings. The first kappa shape index (κ1) is 9.18. The number of ether oxygens (including phenoxy) is 1. The number of nitro groups is 1. The van der Waals surface area contributed by atoms with E-state index in [1.165, 1.54) is 6.07 Å². The molecule has 0 unspecified atom stereocenters. The summed E-state index contributed by atoms with van der Waals surface area (Å²) < 4.78 is 17.6. The van der Waals surface area contributed by atoms with Gasteiger partial charge in [-0.05, 0) is 6.07 Å². The number of benzene rings is 1. The van der Waals surface area contributed by atoms with Crippen molar-refractivity contribution in [2.45, 2.75) is 0 Å². The number of rotatable bonds is 3. The van der Waals surface area contributed by atoms with Gasteiger partial charge in [-0.25, -0.2) is 0 Å². The van der Waals surface area contributed by atoms with Gasteiger partial charge in [0.15, 0.2) is 0 Å². The van der Waals surface area contributed by atoms with Crippen LogP contribution < -0.4 is 4.74 Å². The molecule has 13 heavy (non-hydrogen) atoms. The maximum absolute atomic E-state index is 12.9. The Morgan fingerprint density at radius 2 is 2.31 bits per heavy atom. The van der Waals surface area contributed by atoms with Gasteiger partial charge in [-0.2, -0.15) is 4.39 Å². The van der Waals surface area contributed by atoms with Crippen LogP contribution in [0.25, 0.3) is 0 Å². The second-order valence-electron chi connectivity index (χ2n) is 2.15. The van der Waals surface area contributed by atoms with Crippen LogP contribution in [-0.4, -0.2) is 4.92 Å². The molecule has 0 amide bonds. The highest BCUT2D eigenvalue weighted by Crippen LogP contribution is 2.22. The molecule has 0 saturated heterocycles. The zero-order valence-corrected chi connectivity index (χ0v) is 6.57. The van der Waals surface area contributed by atoms with Crippen LogP contribution in [-0.2, 0) is 0 Å². The van der Waals surface area contributed by atoms with E-state index in [2.05, 4.69) is 6.58 Å². The molecule has 68 valence electrons. The van der Waals surface area contributed by atoms with Gasteiger partial charge in [0, 0.05) is 12.1 Å². The highest BCUT2D eigenvalue weighted by molar-refractivity contribution is 5.38. The molecule has 0 bridgehead atoms. The van der Waals surface area contributed by atoms with Crippen molar-refractivity contribution in [3.63, 3.8) is 0 Å². The molecule has 1 aromatic carbocycles. The second kappa shape index (κ2) is 3.66. The quantitative estimate of drug-likeness (QED) is 0.410. The minimum Gasteiger partial charge on any atom is -0.466 e. The van der Waals surface area contributed by atoms with Crippen LogP contribution in [0.2, 0.25) is 0 Å². The molecule has 0 aliphatic rings. The van der Waals surface area contributed by atoms with E-state index in [4.69, 9.17) is 4.74 Å². The van der Waals surface area contributed by atoms with Gasteiger partial charge in [0.05, 0.1) is 11.2 Å². The molecule has 4 nitrogen and oxygen atoms in total. The van der Waals surface area contributed by atoms with Crippen LogP contribution in [0.15, 0.2) is 31.0 Å². The van der Waals surface area contributed by atoms with Gasteiger partial charge in [0.1, 0.15) is 5.75 Å². The Morgan fingerprint density at radius 3 is 2.77 bits per heavy atom. The summed E-state index contributed by atoms with van der Waals surface area (Å²) in [6, 6.07) is 3.26. The van der Waals surface area contributed by atoms with E-state index in [9.17, 15) is 14.5 Å². The summed E-state index contributed by atoms with van der Waals surface area (Å²) in [5.74, 6) is -0.748. The van der Waals surface area contributed by atoms with Gasteiger partial charge in [0.2, 0.25) is 5.82 Å². The third-order valence-corrected chi connectivity index (χ3v) is 1.34. The van der Waals surface area contributed by atoms with E-state index in [0.29, 0.717) is 0 Å². The van der Waals surface area contributed by atoms with Gasteiger partial charge in [-0.1, -0.05) is 6.58 Å². The molecular formula is C8H6FNO3. The minimum absolute atomic E-state index is 0.179. The molecule has 0 aromatic heterocycles. The molecule has 1 rings (SSSR count). The van der Waals surface area contributed by atoms with Crippen LogP contribution in [0.4, 0.5) is 10.1 Å². The van der Waals surface area contributed by atoms with Crippen molar-refractivity contribution in [2.24, 2.45) is 0 Å². The summed E-state index contributed by atoms with van der Waals surface area (Å²) in [6.07, 6.45) is 1.11. The lowest BCUT2D eigenvalue weighted by atomic mass is 10.3. The fourth-order valence-electron chi connectivity index (χ4n) is 0.805. The van der Waals surface area contributed by atoms with Crippen molar-refractivity contribution in [3.8, 4) is 5.75 Å². The minimum atomic E-state index is -0.927. The van der Waals surface area contributed by atoms with Crippen molar-refractivity contribution in [1.29, 1.82) is 0 Å². The van der Waals surface area contributed by atoms with Crippen LogP contribution in [0.5, 0.6) is 5.75 Å². The Hall–Kier alpha value is -1.91. The highest BCUT2D eigenvalue weighted by atomic mass is 19.1. The molecular weight excluding hydrogens is 177 g/mol. The Kier molecular flexibility index (Phi) is 2.59. The van der Waals surface area contributed by atoms with E-state index < -0.39 is 16.4 Å². The maximum atomic E-state index is 12.9. The first-order chi connectivity index (χ1) is 6.15. The lowest BCUT2D eigenvalue weighted by Crippen LogP contribution is -1.92. The first-order valence-electron chi connectivity index (χ1n) is 3.36. The molecule has 0 heterocycles. The average molecular weight is 183 g/mol. The van der Waals surface area contributed by atoms with Crippen molar-refractivity contribution >= 4 is 5.69 Å². The number of hydrogen-bond acceptors (Lipinski definition) is 3. The molecule has 0 atom stereocenters. The summed E-state index contributed by atoms with van der Waals surface area (Å²) >= 11 is 0. The highest BCUT2D eigenvalue weighted by Gasteiger charge is 2.13. The van der Waals surface area contributed by atoms with Crippen molar-refractivity contribution in [3.05, 3.63) is 47.0 Å². The number of hydrogen-bond donors (Lipinski definition) is 0. The molecule has 0 aliphatic carbocycles. The summed E-state index contributed by atoms with van der Waals surface area (Å²) in [7, 11) is 0. The van der Waals surface area contributed by atoms with Crippen LogP contribution in [0.1, 0.15) is 0 Å². The number of nitrogens with zero attached hydrogens (tertiary/aromatic N) is 1. The zero-order valence-electron chi connectivity index (χ0n) is 6.57. The molecule has 0 radical (unpaired) electrons. The molecule has 0 spiro atoms. The summed E-state index contributed by atoms with van der Waals surface area (Å²) in [5, 5.41) is 10.2. The Balaban J connectivity index is 3.05. The van der Waals surface area contributed by atoms with Crippen LogP contribution in [0.3, 0.4) is 0 Å². The van der Waals surface area contributed by atoms with E-state index in [0.717, 1.165) is 18.4 Å². The average Bonchev–Trinajstić information content (AvgIpc) is 2.04. The Labute approximate surface area is 73.4 Å². The summed E-state index contributed by atoms with van der Waals surface area (Å²) in [6.45, 7) is 3.26. The monoisotopic (exact) mass is 183 g/mol. The predicted octanol–water partition coefficient (Wildman–Crippen LogP) is 2.26. The maximum Gasteiger partial charge on any atom is 0.305 e. The third kappa shape index (κ3) is 2.02. The Morgan fingerprint density at radius 1 is 1.62 bits per heavy atom. The fraction of sp³-hybridized carbons (Fsp3) is 0. The first-order valence-corrected chi connectivity index (χ1v) is 3.36. The SMILES string of the molecule is C=COc1ccc([N+](=O)[O-])c(F)c1. The lowest BCUT2D eigenvalue weighted by molar-refractivity contribution is -0.387. The second-order valence-corrected chi connectivity index (χ2v) is 2.15. The van der Waals surface area contributed by atoms with Crippen molar-refractivity contribution in [1.82, 2.24) is 0 Å². The zero-order chi connectivity index (χ0) is 9.84. The Bertz CT molecular complexity index is 351. The smallest absolute Gasteiger partial charge is 0.305 e. The van der Waals surface area contributed by atoms with E-state index in [-0.39, 0.29) is 5.75 Å². The third-order valence-electron chi connectivity index (χ3n) is 1.34. The van der Waals surface area contributed by atoms with Gasteiger partial charge in [0.25, 0.3) is 0 Å².